The van der Waals surface area contributed by atoms with Crippen LogP contribution in [0.25, 0.3) is 0 Å². The van der Waals surface area contributed by atoms with Gasteiger partial charge < -0.3 is 60.2 Å². The minimum absolute atomic E-state index is 0.178. The van der Waals surface area contributed by atoms with Gasteiger partial charge in [-0.15, -0.1) is 0 Å². The number of nitrogens with one attached hydrogen (secondary N) is 2. The van der Waals surface area contributed by atoms with E-state index >= 15 is 0 Å². The lowest BCUT2D eigenvalue weighted by atomic mass is 10.1. The number of carbonyl (C=O) groups is 2. The van der Waals surface area contributed by atoms with Gasteiger partial charge in [0.05, 0.1) is 13.2 Å². The Morgan fingerprint density at radius 3 is 1.27 bits per heavy atom. The summed E-state index contributed by atoms with van der Waals surface area (Å²) in [5.74, 6) is -2.52. The lowest BCUT2D eigenvalue weighted by Gasteiger charge is -2.15. The molecular formula is C34H56N2O12. The summed E-state index contributed by atoms with van der Waals surface area (Å²) in [4.78, 5) is 19.5. The number of hydrogen-bond donors (Lipinski definition) is 8. The quantitative estimate of drug-likeness (QED) is 0.0917. The molecule has 0 aromatic heterocycles. The smallest absolute Gasteiger partial charge is 0.335 e. The first kappa shape index (κ1) is 25.6. The first-order chi connectivity index (χ1) is 28.3. The van der Waals surface area contributed by atoms with Crippen molar-refractivity contribution in [2.75, 3.05) is 53.7 Å². The zero-order valence-electron chi connectivity index (χ0n) is 40.7. The van der Waals surface area contributed by atoms with Crippen LogP contribution in [0.1, 0.15) is 57.7 Å². The van der Waals surface area contributed by atoms with Crippen LogP contribution in [0.15, 0.2) is 48.5 Å². The summed E-state index contributed by atoms with van der Waals surface area (Å²) in [5.41, 5.74) is 2.13. The molecule has 0 saturated carbocycles. The van der Waals surface area contributed by atoms with E-state index in [1.807, 2.05) is 24.3 Å². The molecule has 2 unspecified atom stereocenters. The third kappa shape index (κ3) is 23.1. The molecule has 2 aromatic carbocycles. The highest BCUT2D eigenvalue weighted by molar-refractivity contribution is 5.83. The summed E-state index contributed by atoms with van der Waals surface area (Å²) in [5, 5.41) is 56.7. The second kappa shape index (κ2) is 26.6. The van der Waals surface area contributed by atoms with E-state index in [0.717, 1.165) is 24.0 Å². The summed E-state index contributed by atoms with van der Waals surface area (Å²) in [7, 11) is 3.24. The summed E-state index contributed by atoms with van der Waals surface area (Å²) < 4.78 is 124. The normalized spacial score (nSPS) is 19.1. The number of carboxylic acids is 2. The first-order valence-electron chi connectivity index (χ1n) is 21.4. The zero-order valence-corrected chi connectivity index (χ0v) is 26.7. The molecular weight excluding hydrogens is 628 g/mol. The van der Waals surface area contributed by atoms with E-state index < -0.39 is 88.9 Å². The largest absolute Gasteiger partial charge is 0.491 e. The van der Waals surface area contributed by atoms with Crippen molar-refractivity contribution in [1.29, 1.82) is 0 Å². The van der Waals surface area contributed by atoms with Crippen LogP contribution in [-0.2, 0) is 31.9 Å². The van der Waals surface area contributed by atoms with Crippen molar-refractivity contribution < 1.29 is 78.4 Å². The highest BCUT2D eigenvalue weighted by Crippen LogP contribution is 2.14. The number of aliphatic carboxylic acids is 2. The van der Waals surface area contributed by atoms with E-state index in [9.17, 15) is 19.8 Å². The second-order valence-electron chi connectivity index (χ2n) is 9.78. The standard InChI is InChI=1S/2C15H25NO3.C4H6O6/c2*1-12(2)16-10-14(17)11-19-15-6-4-13(5-7-15)8-9-18-3;5-1(3(7)8)2(6)4(9)10/h2*4-7,12,14,16-17H,8-11H2,1-3H3;1-2,5-6H,(H,7,8)(H,9,10)/t;;1-,2-/m..1/s1/i2*1D3,2D3,12D;. The third-order valence-corrected chi connectivity index (χ3v) is 5.76. The number of aliphatic hydroxyl groups is 4. The molecule has 0 bridgehead atoms. The van der Waals surface area contributed by atoms with Gasteiger partial charge in [-0.05, 0) is 48.2 Å². The fourth-order valence-corrected chi connectivity index (χ4v) is 3.16. The number of methoxy groups -OCH3 is 2. The number of aliphatic hydroxyl groups excluding tert-OH is 4. The highest BCUT2D eigenvalue weighted by Gasteiger charge is 2.29. The number of carboxylic acid groups (broad SMARTS) is 2. The average Bonchev–Trinajstić information content (AvgIpc) is 3.17. The zero-order chi connectivity index (χ0) is 48.3. The Bertz CT molecular complexity index is 1450. The lowest BCUT2D eigenvalue weighted by Crippen LogP contribution is -2.39. The molecule has 14 heteroatoms. The van der Waals surface area contributed by atoms with Crippen molar-refractivity contribution in [2.24, 2.45) is 0 Å². The van der Waals surface area contributed by atoms with Crippen molar-refractivity contribution in [3.05, 3.63) is 59.7 Å². The van der Waals surface area contributed by atoms with Gasteiger partial charge in [-0.25, -0.2) is 9.59 Å². The third-order valence-electron chi connectivity index (χ3n) is 5.76. The van der Waals surface area contributed by atoms with Gasteiger partial charge in [0.2, 0.25) is 0 Å². The SMILES string of the molecule is O=C(O)[C@H](O)[C@@H](O)C(=O)O.[2H]C([2H])([2H])C([2H])(NCC(O)COc1ccc(CCOC)cc1)C([2H])([2H])[2H].[2H]C([2H])([2H])C([2H])(NCC(O)COc1ccc(CCOC)cc1)C([2H])([2H])[2H]. The molecule has 274 valence electrons. The van der Waals surface area contributed by atoms with Gasteiger partial charge >= 0.3 is 11.9 Å². The minimum atomic E-state index is -3.09. The van der Waals surface area contributed by atoms with Gasteiger partial charge in [-0.1, -0.05) is 51.7 Å². The molecule has 0 heterocycles. The van der Waals surface area contributed by atoms with Gasteiger partial charge in [-0.2, -0.15) is 0 Å². The molecule has 0 saturated heterocycles. The molecule has 0 radical (unpaired) electrons. The summed E-state index contributed by atoms with van der Waals surface area (Å²) in [6, 6.07) is 8.60. The summed E-state index contributed by atoms with van der Waals surface area (Å²) in [6.07, 6.45) is -5.37. The van der Waals surface area contributed by atoms with Crippen LogP contribution in [0.3, 0.4) is 0 Å². The lowest BCUT2D eigenvalue weighted by molar-refractivity contribution is -0.165. The first-order valence-corrected chi connectivity index (χ1v) is 14.4. The Morgan fingerprint density at radius 1 is 0.667 bits per heavy atom. The van der Waals surface area contributed by atoms with Crippen molar-refractivity contribution in [2.45, 2.75) is 76.7 Å². The molecule has 8 N–H and O–H groups in total. The van der Waals surface area contributed by atoms with Gasteiger partial charge in [0.1, 0.15) is 36.9 Å². The van der Waals surface area contributed by atoms with Crippen LogP contribution in [0, 0.1) is 0 Å². The molecule has 14 nitrogen and oxygen atoms in total. The Balaban J connectivity index is 0.000000987. The molecule has 0 spiro atoms. The Labute approximate surface area is 303 Å². The molecule has 0 aliphatic rings. The Morgan fingerprint density at radius 2 is 1.00 bits per heavy atom. The van der Waals surface area contributed by atoms with E-state index in [-0.39, 0.29) is 13.2 Å². The maximum atomic E-state index is 9.92. The molecule has 0 amide bonds. The van der Waals surface area contributed by atoms with Crippen LogP contribution in [-0.4, -0.2) is 133 Å². The molecule has 2 aromatic rings. The van der Waals surface area contributed by atoms with Crippen molar-refractivity contribution >= 4 is 11.9 Å². The van der Waals surface area contributed by atoms with Gasteiger partial charge in [-0.3, -0.25) is 0 Å². The van der Waals surface area contributed by atoms with Gasteiger partial charge in [0.15, 0.2) is 12.2 Å². The van der Waals surface area contributed by atoms with Crippen molar-refractivity contribution in [3.8, 4) is 11.5 Å². The second-order valence-corrected chi connectivity index (χ2v) is 9.78. The van der Waals surface area contributed by atoms with Crippen LogP contribution in [0.2, 0.25) is 0 Å². The molecule has 2 rings (SSSR count). The summed E-state index contributed by atoms with van der Waals surface area (Å²) in [6.45, 7) is -12.3. The average molecular weight is 699 g/mol. The molecule has 48 heavy (non-hydrogen) atoms. The van der Waals surface area contributed by atoms with E-state index in [2.05, 4.69) is 10.6 Å². The fraction of sp³-hybridized carbons (Fsp3) is 0.588. The maximum Gasteiger partial charge on any atom is 0.335 e. The fourth-order valence-electron chi connectivity index (χ4n) is 3.16. The number of ether oxygens (including phenoxy) is 4. The Kier molecular flexibility index (Phi) is 14.2. The highest BCUT2D eigenvalue weighted by atomic mass is 16.5. The van der Waals surface area contributed by atoms with Crippen LogP contribution >= 0.6 is 0 Å². The van der Waals surface area contributed by atoms with Crippen LogP contribution < -0.4 is 20.1 Å². The summed E-state index contributed by atoms with van der Waals surface area (Å²) >= 11 is 0. The molecule has 4 atom stereocenters. The predicted molar refractivity (Wildman–Crippen MR) is 181 cm³/mol. The number of benzene rings is 2. The molecule has 0 aliphatic heterocycles. The van der Waals surface area contributed by atoms with Gasteiger partial charge in [0.25, 0.3) is 0 Å². The molecule has 0 aliphatic carbocycles. The number of rotatable bonds is 21. The Hall–Kier alpha value is -3.34. The minimum Gasteiger partial charge on any atom is -0.491 e. The topological polar surface area (TPSA) is 216 Å². The van der Waals surface area contributed by atoms with E-state index in [0.29, 0.717) is 24.7 Å². The molecule has 0 fully saturated rings. The van der Waals surface area contributed by atoms with Gasteiger partial charge in [0, 0.05) is 58.5 Å². The van der Waals surface area contributed by atoms with E-state index in [1.54, 1.807) is 38.5 Å². The number of hydrogen-bond acceptors (Lipinski definition) is 12. The maximum absolute atomic E-state index is 9.92. The predicted octanol–water partition coefficient (Wildman–Crippen LogP) is 1.10. The van der Waals surface area contributed by atoms with Crippen molar-refractivity contribution in [3.63, 3.8) is 0 Å². The van der Waals surface area contributed by atoms with E-state index in [1.165, 1.54) is 0 Å². The van der Waals surface area contributed by atoms with E-state index in [4.69, 9.17) is 58.6 Å². The van der Waals surface area contributed by atoms with Crippen LogP contribution in [0.5, 0.6) is 11.5 Å². The van der Waals surface area contributed by atoms with Crippen molar-refractivity contribution in [1.82, 2.24) is 10.6 Å². The monoisotopic (exact) mass is 698 g/mol. The van der Waals surface area contributed by atoms with Crippen LogP contribution in [0.4, 0.5) is 0 Å².